The van der Waals surface area contributed by atoms with Gasteiger partial charge in [-0.1, -0.05) is 0 Å². The van der Waals surface area contributed by atoms with Crippen LogP contribution in [0.2, 0.25) is 0 Å². The molecular formula is C11H11FN4O2. The molecule has 2 rings (SSSR count). The Morgan fingerprint density at radius 3 is 2.83 bits per heavy atom. The Kier molecular flexibility index (Phi) is 2.88. The van der Waals surface area contributed by atoms with Gasteiger partial charge >= 0.3 is 5.97 Å². The molecule has 7 heteroatoms. The fraction of sp³-hybridized carbons (Fsp3) is 0.0909. The van der Waals surface area contributed by atoms with Gasteiger partial charge in [0, 0.05) is 13.2 Å². The zero-order valence-corrected chi connectivity index (χ0v) is 9.51. The van der Waals surface area contributed by atoms with Gasteiger partial charge in [-0.05, 0) is 12.1 Å². The van der Waals surface area contributed by atoms with Crippen LogP contribution in [-0.4, -0.2) is 20.9 Å². The quantitative estimate of drug-likeness (QED) is 0.719. The third-order valence-corrected chi connectivity index (χ3v) is 2.39. The van der Waals surface area contributed by atoms with Crippen molar-refractivity contribution in [1.29, 1.82) is 0 Å². The molecule has 18 heavy (non-hydrogen) atoms. The summed E-state index contributed by atoms with van der Waals surface area (Å²) in [6.07, 6.45) is 3.18. The van der Waals surface area contributed by atoms with Crippen molar-refractivity contribution in [2.75, 3.05) is 11.1 Å². The normalized spacial score (nSPS) is 10.3. The predicted octanol–water partition coefficient (Wildman–Crippen LogP) is 1.58. The second-order valence-corrected chi connectivity index (χ2v) is 3.72. The molecule has 0 bridgehead atoms. The third-order valence-electron chi connectivity index (χ3n) is 2.39. The van der Waals surface area contributed by atoms with E-state index in [0.29, 0.717) is 5.69 Å². The topological polar surface area (TPSA) is 93.2 Å². The molecule has 0 saturated carbocycles. The van der Waals surface area contributed by atoms with Crippen LogP contribution in [-0.2, 0) is 7.05 Å². The highest BCUT2D eigenvalue weighted by atomic mass is 19.1. The van der Waals surface area contributed by atoms with Crippen molar-refractivity contribution in [3.8, 4) is 0 Å². The average Bonchev–Trinajstić information content (AvgIpc) is 2.69. The number of anilines is 3. The number of nitrogens with two attached hydrogens (primary N) is 1. The first kappa shape index (κ1) is 11.9. The number of aromatic carboxylic acids is 1. The van der Waals surface area contributed by atoms with E-state index in [1.54, 1.807) is 17.9 Å². The van der Waals surface area contributed by atoms with Crippen LogP contribution in [0.25, 0.3) is 0 Å². The van der Waals surface area contributed by atoms with Crippen LogP contribution < -0.4 is 11.1 Å². The Labute approximate surface area is 102 Å². The van der Waals surface area contributed by atoms with Crippen LogP contribution in [0.5, 0.6) is 0 Å². The van der Waals surface area contributed by atoms with Crippen molar-refractivity contribution < 1.29 is 14.3 Å². The molecule has 0 amide bonds. The second kappa shape index (κ2) is 4.36. The number of hydrogen-bond donors (Lipinski definition) is 3. The fourth-order valence-corrected chi connectivity index (χ4v) is 1.57. The van der Waals surface area contributed by atoms with Gasteiger partial charge in [0.05, 0.1) is 23.3 Å². The number of hydrogen-bond acceptors (Lipinski definition) is 4. The lowest BCUT2D eigenvalue weighted by atomic mass is 10.1. The molecule has 2 aromatic rings. The Hall–Kier alpha value is -2.57. The lowest BCUT2D eigenvalue weighted by Crippen LogP contribution is -2.08. The summed E-state index contributed by atoms with van der Waals surface area (Å²) >= 11 is 0. The number of nitrogens with one attached hydrogen (secondary N) is 1. The molecule has 0 aliphatic carbocycles. The van der Waals surface area contributed by atoms with Gasteiger partial charge in [0.25, 0.3) is 0 Å². The van der Waals surface area contributed by atoms with E-state index in [0.717, 1.165) is 6.07 Å². The van der Waals surface area contributed by atoms with Crippen LogP contribution in [0.1, 0.15) is 10.4 Å². The number of aryl methyl sites for hydroxylation is 1. The second-order valence-electron chi connectivity index (χ2n) is 3.72. The number of benzene rings is 1. The molecule has 0 unspecified atom stereocenters. The number of halogens is 1. The van der Waals surface area contributed by atoms with E-state index in [4.69, 9.17) is 10.8 Å². The van der Waals surface area contributed by atoms with Crippen molar-refractivity contribution in [2.24, 2.45) is 7.05 Å². The zero-order valence-electron chi connectivity index (χ0n) is 9.51. The van der Waals surface area contributed by atoms with E-state index in [-0.39, 0.29) is 11.3 Å². The smallest absolute Gasteiger partial charge is 0.340 e. The van der Waals surface area contributed by atoms with E-state index in [1.807, 2.05) is 0 Å². The molecule has 0 aliphatic rings. The minimum Gasteiger partial charge on any atom is -0.478 e. The minimum atomic E-state index is -1.29. The highest BCUT2D eigenvalue weighted by Gasteiger charge is 2.17. The number of rotatable bonds is 3. The molecule has 1 heterocycles. The summed E-state index contributed by atoms with van der Waals surface area (Å²) in [5.41, 5.74) is 5.55. The van der Waals surface area contributed by atoms with Gasteiger partial charge in [0.2, 0.25) is 0 Å². The van der Waals surface area contributed by atoms with Crippen LogP contribution >= 0.6 is 0 Å². The molecule has 1 aromatic heterocycles. The van der Waals surface area contributed by atoms with Crippen molar-refractivity contribution in [3.63, 3.8) is 0 Å². The Morgan fingerprint density at radius 2 is 2.28 bits per heavy atom. The standard InChI is InChI=1S/C11H11FN4O2/c1-16-5-6(4-14-16)15-8-3-2-7(12)10(13)9(8)11(17)18/h2-5,15H,13H2,1H3,(H,17,18). The highest BCUT2D eigenvalue weighted by molar-refractivity contribution is 6.00. The van der Waals surface area contributed by atoms with Crippen LogP contribution in [0.3, 0.4) is 0 Å². The number of carbonyl (C=O) groups is 1. The SMILES string of the molecule is Cn1cc(Nc2ccc(F)c(N)c2C(=O)O)cn1. The number of aromatic nitrogens is 2. The molecular weight excluding hydrogens is 239 g/mol. The maximum atomic E-state index is 13.2. The average molecular weight is 250 g/mol. The Balaban J connectivity index is 2.44. The molecule has 0 saturated heterocycles. The van der Waals surface area contributed by atoms with Crippen molar-refractivity contribution in [2.45, 2.75) is 0 Å². The van der Waals surface area contributed by atoms with Gasteiger partial charge in [0.1, 0.15) is 11.4 Å². The van der Waals surface area contributed by atoms with E-state index in [2.05, 4.69) is 10.4 Å². The monoisotopic (exact) mass is 250 g/mol. The first-order valence-electron chi connectivity index (χ1n) is 5.06. The van der Waals surface area contributed by atoms with Gasteiger partial charge in [-0.15, -0.1) is 0 Å². The van der Waals surface area contributed by atoms with E-state index in [1.165, 1.54) is 12.3 Å². The van der Waals surface area contributed by atoms with Crippen molar-refractivity contribution in [1.82, 2.24) is 9.78 Å². The highest BCUT2D eigenvalue weighted by Crippen LogP contribution is 2.27. The van der Waals surface area contributed by atoms with Gasteiger partial charge in [-0.3, -0.25) is 4.68 Å². The third kappa shape index (κ3) is 2.10. The maximum Gasteiger partial charge on any atom is 0.340 e. The minimum absolute atomic E-state index is 0.217. The summed E-state index contributed by atoms with van der Waals surface area (Å²) in [4.78, 5) is 11.1. The first-order chi connectivity index (χ1) is 8.49. The molecule has 0 atom stereocenters. The molecule has 0 fully saturated rings. The summed E-state index contributed by atoms with van der Waals surface area (Å²) in [6.45, 7) is 0. The van der Waals surface area contributed by atoms with Gasteiger partial charge in [-0.25, -0.2) is 9.18 Å². The van der Waals surface area contributed by atoms with Crippen molar-refractivity contribution in [3.05, 3.63) is 35.9 Å². The van der Waals surface area contributed by atoms with Gasteiger partial charge in [-0.2, -0.15) is 5.10 Å². The van der Waals surface area contributed by atoms with E-state index in [9.17, 15) is 9.18 Å². The van der Waals surface area contributed by atoms with Gasteiger partial charge in [0.15, 0.2) is 0 Å². The molecule has 0 radical (unpaired) electrons. The summed E-state index contributed by atoms with van der Waals surface area (Å²) in [5, 5.41) is 15.8. The molecule has 4 N–H and O–H groups in total. The number of carboxylic acids is 1. The van der Waals surface area contributed by atoms with Crippen LogP contribution in [0.15, 0.2) is 24.5 Å². The molecule has 0 aliphatic heterocycles. The molecule has 6 nitrogen and oxygen atoms in total. The van der Waals surface area contributed by atoms with E-state index < -0.39 is 17.5 Å². The number of nitrogen functional groups attached to an aromatic ring is 1. The fourth-order valence-electron chi connectivity index (χ4n) is 1.57. The van der Waals surface area contributed by atoms with Crippen LogP contribution in [0.4, 0.5) is 21.5 Å². The zero-order chi connectivity index (χ0) is 13.3. The first-order valence-corrected chi connectivity index (χ1v) is 5.06. The lowest BCUT2D eigenvalue weighted by molar-refractivity contribution is 0.0698. The van der Waals surface area contributed by atoms with Crippen LogP contribution in [0, 0.1) is 5.82 Å². The summed E-state index contributed by atoms with van der Waals surface area (Å²) in [6, 6.07) is 2.43. The summed E-state index contributed by atoms with van der Waals surface area (Å²) in [5.74, 6) is -2.05. The number of carboxylic acid groups (broad SMARTS) is 1. The van der Waals surface area contributed by atoms with Crippen molar-refractivity contribution >= 4 is 23.0 Å². The molecule has 1 aromatic carbocycles. The lowest BCUT2D eigenvalue weighted by Gasteiger charge is -2.10. The van der Waals surface area contributed by atoms with Gasteiger partial charge < -0.3 is 16.2 Å². The van der Waals surface area contributed by atoms with E-state index >= 15 is 0 Å². The predicted molar refractivity (Wildman–Crippen MR) is 64.3 cm³/mol. The summed E-state index contributed by atoms with van der Waals surface area (Å²) < 4.78 is 14.8. The maximum absolute atomic E-state index is 13.2. The molecule has 0 spiro atoms. The summed E-state index contributed by atoms with van der Waals surface area (Å²) in [7, 11) is 1.72. The number of nitrogens with zero attached hydrogens (tertiary/aromatic N) is 2. The largest absolute Gasteiger partial charge is 0.478 e. The Bertz CT molecular complexity index is 609. The Morgan fingerprint density at radius 1 is 1.56 bits per heavy atom. The molecule has 94 valence electrons.